The van der Waals surface area contributed by atoms with E-state index in [-0.39, 0.29) is 0 Å². The van der Waals surface area contributed by atoms with Crippen molar-refractivity contribution in [3.63, 3.8) is 0 Å². The van der Waals surface area contributed by atoms with Crippen molar-refractivity contribution in [2.24, 2.45) is 5.73 Å². The van der Waals surface area contributed by atoms with Crippen molar-refractivity contribution in [1.82, 2.24) is 10.2 Å². The highest BCUT2D eigenvalue weighted by atomic mass is 79.9. The lowest BCUT2D eigenvalue weighted by molar-refractivity contribution is 0.0380. The average Bonchev–Trinajstić information content (AvgIpc) is 1.97. The fourth-order valence-electron chi connectivity index (χ4n) is 0.971. The fourth-order valence-corrected chi connectivity index (χ4v) is 1.26. The number of alkyl halides is 1. The minimum Gasteiger partial charge on any atom is -0.443 e. The van der Waals surface area contributed by atoms with Crippen LogP contribution < -0.4 is 11.1 Å². The van der Waals surface area contributed by atoms with Crippen LogP contribution in [0.3, 0.4) is 0 Å². The number of carbonyl (C=O) groups excluding carboxylic acids is 2. The van der Waals surface area contributed by atoms with Crippen LogP contribution >= 0.6 is 15.9 Å². The Hall–Kier alpha value is -1.08. The second-order valence-electron chi connectivity index (χ2n) is 4.36. The number of rotatable bonds is 0. The van der Waals surface area contributed by atoms with Gasteiger partial charge in [0.2, 0.25) is 0 Å². The monoisotopic (exact) mass is 291 g/mol. The maximum absolute atomic E-state index is 11.6. The second-order valence-corrected chi connectivity index (χ2v) is 5.68. The summed E-state index contributed by atoms with van der Waals surface area (Å²) >= 11 is 3.05. The quantitative estimate of drug-likeness (QED) is 0.523. The Morgan fingerprint density at radius 1 is 1.62 bits per heavy atom. The molecule has 0 saturated heterocycles. The highest BCUT2D eigenvalue weighted by molar-refractivity contribution is 9.10. The zero-order chi connectivity index (χ0) is 12.6. The summed E-state index contributed by atoms with van der Waals surface area (Å²) in [6.07, 6.45) is 1.95. The normalized spacial score (nSPS) is 25.3. The van der Waals surface area contributed by atoms with E-state index in [0.717, 1.165) is 4.90 Å². The Morgan fingerprint density at radius 2 is 2.19 bits per heavy atom. The van der Waals surface area contributed by atoms with Gasteiger partial charge in [0.05, 0.1) is 0 Å². The van der Waals surface area contributed by atoms with Crippen LogP contribution in [0.15, 0.2) is 12.3 Å². The SMILES string of the molecule is CC(C)(C)OC(=O)N1C=CC(N)(Br)NC1=O. The van der Waals surface area contributed by atoms with E-state index in [2.05, 4.69) is 21.2 Å². The van der Waals surface area contributed by atoms with Gasteiger partial charge in [-0.15, -0.1) is 0 Å². The molecule has 1 aliphatic heterocycles. The van der Waals surface area contributed by atoms with Crippen LogP contribution in [0.25, 0.3) is 0 Å². The van der Waals surface area contributed by atoms with Gasteiger partial charge in [0, 0.05) is 6.20 Å². The first-order chi connectivity index (χ1) is 7.11. The van der Waals surface area contributed by atoms with Gasteiger partial charge >= 0.3 is 12.1 Å². The van der Waals surface area contributed by atoms with Gasteiger partial charge < -0.3 is 10.1 Å². The third kappa shape index (κ3) is 3.49. The molecule has 1 atom stereocenters. The van der Waals surface area contributed by atoms with Crippen LogP contribution in [-0.4, -0.2) is 27.2 Å². The molecule has 1 rings (SSSR count). The van der Waals surface area contributed by atoms with Crippen molar-refractivity contribution < 1.29 is 14.3 Å². The summed E-state index contributed by atoms with van der Waals surface area (Å²) in [6, 6.07) is -0.642. The maximum atomic E-state index is 11.6. The Morgan fingerprint density at radius 3 is 2.62 bits per heavy atom. The summed E-state index contributed by atoms with van der Waals surface area (Å²) in [5.41, 5.74) is 4.92. The van der Waals surface area contributed by atoms with Crippen molar-refractivity contribution >= 4 is 28.1 Å². The van der Waals surface area contributed by atoms with Crippen LogP contribution in [0.2, 0.25) is 0 Å². The van der Waals surface area contributed by atoms with E-state index >= 15 is 0 Å². The number of carbonyl (C=O) groups is 2. The highest BCUT2D eigenvalue weighted by Gasteiger charge is 2.33. The van der Waals surface area contributed by atoms with Crippen molar-refractivity contribution in [1.29, 1.82) is 0 Å². The van der Waals surface area contributed by atoms with Crippen LogP contribution in [0.4, 0.5) is 9.59 Å². The van der Waals surface area contributed by atoms with Gasteiger partial charge in [0.25, 0.3) is 0 Å². The zero-order valence-electron chi connectivity index (χ0n) is 9.28. The molecule has 0 bridgehead atoms. The minimum absolute atomic E-state index is 0.642. The summed E-state index contributed by atoms with van der Waals surface area (Å²) in [5, 5.41) is 2.37. The number of imide groups is 1. The molecule has 1 heterocycles. The average molecular weight is 292 g/mol. The number of nitrogens with zero attached hydrogens (tertiary/aromatic N) is 1. The molecule has 1 aliphatic rings. The summed E-state index contributed by atoms with van der Waals surface area (Å²) in [7, 11) is 0. The molecular formula is C9H14BrN3O3. The number of hydrogen-bond donors (Lipinski definition) is 2. The number of ether oxygens (including phenoxy) is 1. The van der Waals surface area contributed by atoms with Gasteiger partial charge in [-0.25, -0.2) is 14.5 Å². The van der Waals surface area contributed by atoms with Gasteiger partial charge in [0.15, 0.2) is 4.57 Å². The summed E-state index contributed by atoms with van der Waals surface area (Å²) < 4.78 is 3.91. The van der Waals surface area contributed by atoms with Gasteiger partial charge in [-0.2, -0.15) is 0 Å². The van der Waals surface area contributed by atoms with E-state index in [0.29, 0.717) is 0 Å². The molecule has 0 saturated carbocycles. The third-order valence-electron chi connectivity index (χ3n) is 1.57. The largest absolute Gasteiger partial charge is 0.443 e. The van der Waals surface area contributed by atoms with E-state index in [4.69, 9.17) is 10.5 Å². The van der Waals surface area contributed by atoms with Crippen molar-refractivity contribution in [2.75, 3.05) is 0 Å². The topological polar surface area (TPSA) is 84.7 Å². The smallest absolute Gasteiger partial charge is 0.422 e. The first-order valence-electron chi connectivity index (χ1n) is 4.62. The lowest BCUT2D eigenvalue weighted by atomic mass is 10.2. The lowest BCUT2D eigenvalue weighted by Crippen LogP contribution is -2.57. The van der Waals surface area contributed by atoms with E-state index in [9.17, 15) is 9.59 Å². The maximum Gasteiger partial charge on any atom is 0.422 e. The summed E-state index contributed by atoms with van der Waals surface area (Å²) in [4.78, 5) is 23.9. The number of nitrogens with one attached hydrogen (secondary N) is 1. The molecule has 3 N–H and O–H groups in total. The third-order valence-corrected chi connectivity index (χ3v) is 2.04. The molecule has 0 spiro atoms. The number of hydrogen-bond acceptors (Lipinski definition) is 4. The van der Waals surface area contributed by atoms with Crippen LogP contribution in [-0.2, 0) is 4.74 Å². The molecule has 0 aromatic heterocycles. The molecule has 0 fully saturated rings. The molecule has 6 nitrogen and oxygen atoms in total. The van der Waals surface area contributed by atoms with Crippen LogP contribution in [0.1, 0.15) is 20.8 Å². The van der Waals surface area contributed by atoms with Crippen molar-refractivity contribution in [2.45, 2.75) is 30.9 Å². The summed E-state index contributed by atoms with van der Waals surface area (Å²) in [6.45, 7) is 5.15. The standard InChI is InChI=1S/C9H14BrN3O3/c1-8(2,3)16-7(15)13-5-4-9(10,11)12-6(13)14/h4-5H,11H2,1-3H3,(H,12,14). The molecule has 7 heteroatoms. The highest BCUT2D eigenvalue weighted by Crippen LogP contribution is 2.17. The lowest BCUT2D eigenvalue weighted by Gasteiger charge is -2.30. The minimum atomic E-state index is -1.12. The predicted molar refractivity (Wildman–Crippen MR) is 61.6 cm³/mol. The van der Waals surface area contributed by atoms with E-state index in [1.54, 1.807) is 20.8 Å². The van der Waals surface area contributed by atoms with Gasteiger partial charge in [-0.05, 0) is 42.8 Å². The fraction of sp³-hybridized carbons (Fsp3) is 0.556. The molecule has 16 heavy (non-hydrogen) atoms. The van der Waals surface area contributed by atoms with Crippen LogP contribution in [0, 0.1) is 0 Å². The Kier molecular flexibility index (Phi) is 3.30. The number of urea groups is 1. The van der Waals surface area contributed by atoms with Gasteiger partial charge in [-0.1, -0.05) is 0 Å². The second kappa shape index (κ2) is 4.06. The molecule has 1 unspecified atom stereocenters. The Balaban J connectivity index is 2.76. The number of amides is 3. The number of nitrogens with two attached hydrogens (primary N) is 1. The first kappa shape index (κ1) is 13.0. The van der Waals surface area contributed by atoms with Crippen LogP contribution in [0.5, 0.6) is 0 Å². The zero-order valence-corrected chi connectivity index (χ0v) is 10.9. The van der Waals surface area contributed by atoms with E-state index in [1.165, 1.54) is 12.3 Å². The number of halogens is 1. The Bertz CT molecular complexity index is 346. The molecule has 0 aromatic rings. The van der Waals surface area contributed by atoms with E-state index in [1.807, 2.05) is 0 Å². The molecular weight excluding hydrogens is 278 g/mol. The molecule has 3 amide bonds. The predicted octanol–water partition coefficient (Wildman–Crippen LogP) is 1.47. The molecule has 0 aliphatic carbocycles. The summed E-state index contributed by atoms with van der Waals surface area (Å²) in [5.74, 6) is 0. The van der Waals surface area contributed by atoms with Crippen molar-refractivity contribution in [3.05, 3.63) is 12.3 Å². The van der Waals surface area contributed by atoms with Gasteiger partial charge in [-0.3, -0.25) is 5.73 Å². The van der Waals surface area contributed by atoms with Crippen molar-refractivity contribution in [3.8, 4) is 0 Å². The first-order valence-corrected chi connectivity index (χ1v) is 5.41. The molecule has 0 aromatic carbocycles. The van der Waals surface area contributed by atoms with E-state index < -0.39 is 22.3 Å². The van der Waals surface area contributed by atoms with Gasteiger partial charge in [0.1, 0.15) is 5.60 Å². The molecule has 0 radical (unpaired) electrons. The Labute approximate surface area is 102 Å². The molecule has 90 valence electrons.